The number of carboxylic acid groups (broad SMARTS) is 1. The van der Waals surface area contributed by atoms with Gasteiger partial charge in [-0.25, -0.2) is 0 Å². The van der Waals surface area contributed by atoms with E-state index in [1.807, 2.05) is 19.1 Å². The number of hydrogen-bond donors (Lipinski definition) is 1. The van der Waals surface area contributed by atoms with Gasteiger partial charge in [0.05, 0.1) is 12.5 Å². The summed E-state index contributed by atoms with van der Waals surface area (Å²) in [6, 6.07) is 7.17. The first-order chi connectivity index (χ1) is 11.1. The number of piperidine rings is 1. The molecule has 1 aliphatic rings. The van der Waals surface area contributed by atoms with E-state index >= 15 is 0 Å². The molecule has 6 heteroatoms. The summed E-state index contributed by atoms with van der Waals surface area (Å²) in [7, 11) is 0. The van der Waals surface area contributed by atoms with Gasteiger partial charge in [-0.1, -0.05) is 6.92 Å². The van der Waals surface area contributed by atoms with Crippen LogP contribution in [0.5, 0.6) is 11.5 Å². The Hall–Kier alpha value is -2.24. The van der Waals surface area contributed by atoms with Gasteiger partial charge >= 0.3 is 5.97 Å². The zero-order valence-electron chi connectivity index (χ0n) is 13.4. The minimum Gasteiger partial charge on any atom is -0.494 e. The van der Waals surface area contributed by atoms with Gasteiger partial charge in [0, 0.05) is 13.1 Å². The van der Waals surface area contributed by atoms with E-state index in [0.717, 1.165) is 12.2 Å². The van der Waals surface area contributed by atoms with Crippen LogP contribution in [0.2, 0.25) is 0 Å². The summed E-state index contributed by atoms with van der Waals surface area (Å²) in [5, 5.41) is 8.95. The number of ether oxygens (including phenoxy) is 2. The normalized spacial score (nSPS) is 15.3. The van der Waals surface area contributed by atoms with Crippen molar-refractivity contribution in [3.05, 3.63) is 24.3 Å². The number of rotatable bonds is 7. The molecule has 1 N–H and O–H groups in total. The van der Waals surface area contributed by atoms with Gasteiger partial charge in [0.2, 0.25) is 0 Å². The summed E-state index contributed by atoms with van der Waals surface area (Å²) in [5.74, 6) is 0.165. The quantitative estimate of drug-likeness (QED) is 0.833. The molecule has 2 rings (SSSR count). The average molecular weight is 321 g/mol. The minimum absolute atomic E-state index is 0.0348. The summed E-state index contributed by atoms with van der Waals surface area (Å²) in [6.45, 7) is 3.63. The van der Waals surface area contributed by atoms with E-state index in [9.17, 15) is 9.59 Å². The molecule has 1 fully saturated rings. The van der Waals surface area contributed by atoms with Crippen LogP contribution in [0.15, 0.2) is 24.3 Å². The molecule has 6 nitrogen and oxygen atoms in total. The Morgan fingerprint density at radius 3 is 2.22 bits per heavy atom. The largest absolute Gasteiger partial charge is 0.494 e. The third-order valence-corrected chi connectivity index (χ3v) is 3.86. The number of hydrogen-bond acceptors (Lipinski definition) is 4. The van der Waals surface area contributed by atoms with E-state index in [1.165, 1.54) is 0 Å². The second-order valence-corrected chi connectivity index (χ2v) is 5.60. The van der Waals surface area contributed by atoms with Gasteiger partial charge in [-0.3, -0.25) is 9.59 Å². The molecule has 0 spiro atoms. The van der Waals surface area contributed by atoms with E-state index in [0.29, 0.717) is 38.3 Å². The van der Waals surface area contributed by atoms with Crippen LogP contribution in [-0.4, -0.2) is 48.2 Å². The standard InChI is InChI=1S/C17H23NO5/c1-2-11-22-14-3-5-15(6-4-14)23-12-16(19)18-9-7-13(8-10-18)17(20)21/h3-6,13H,2,7-12H2,1H3,(H,20,21). The van der Waals surface area contributed by atoms with Gasteiger partial charge in [0.15, 0.2) is 6.61 Å². The molecule has 0 saturated carbocycles. The molecule has 1 amide bonds. The van der Waals surface area contributed by atoms with E-state index in [1.54, 1.807) is 17.0 Å². The molecule has 1 heterocycles. The molecular formula is C17H23NO5. The number of nitrogens with zero attached hydrogens (tertiary/aromatic N) is 1. The van der Waals surface area contributed by atoms with Gasteiger partial charge < -0.3 is 19.5 Å². The Bertz CT molecular complexity index is 520. The van der Waals surface area contributed by atoms with Crippen LogP contribution in [0, 0.1) is 5.92 Å². The Balaban J connectivity index is 1.75. The predicted molar refractivity (Wildman–Crippen MR) is 84.7 cm³/mol. The Kier molecular flexibility index (Phi) is 6.26. The zero-order valence-corrected chi connectivity index (χ0v) is 13.4. The van der Waals surface area contributed by atoms with E-state index in [4.69, 9.17) is 14.6 Å². The molecule has 0 atom stereocenters. The highest BCUT2D eigenvalue weighted by Gasteiger charge is 2.26. The molecule has 1 saturated heterocycles. The average Bonchev–Trinajstić information content (AvgIpc) is 2.58. The van der Waals surface area contributed by atoms with Crippen LogP contribution in [0.4, 0.5) is 0 Å². The van der Waals surface area contributed by atoms with Crippen LogP contribution in [0.1, 0.15) is 26.2 Å². The van der Waals surface area contributed by atoms with Crippen molar-refractivity contribution in [1.82, 2.24) is 4.90 Å². The van der Waals surface area contributed by atoms with Gasteiger partial charge in [0.25, 0.3) is 5.91 Å². The number of likely N-dealkylation sites (tertiary alicyclic amines) is 1. The first-order valence-electron chi connectivity index (χ1n) is 7.96. The summed E-state index contributed by atoms with van der Waals surface area (Å²) in [5.41, 5.74) is 0. The molecule has 1 aliphatic heterocycles. The smallest absolute Gasteiger partial charge is 0.306 e. The van der Waals surface area contributed by atoms with Gasteiger partial charge in [0.1, 0.15) is 11.5 Å². The van der Waals surface area contributed by atoms with E-state index < -0.39 is 5.97 Å². The second kappa shape index (κ2) is 8.41. The van der Waals surface area contributed by atoms with Crippen molar-refractivity contribution in [2.45, 2.75) is 26.2 Å². The Morgan fingerprint density at radius 2 is 1.70 bits per heavy atom. The Morgan fingerprint density at radius 1 is 1.13 bits per heavy atom. The molecule has 0 bridgehead atoms. The number of carbonyl (C=O) groups excluding carboxylic acids is 1. The minimum atomic E-state index is -0.779. The highest BCUT2D eigenvalue weighted by Crippen LogP contribution is 2.19. The molecule has 0 unspecified atom stereocenters. The topological polar surface area (TPSA) is 76.1 Å². The van der Waals surface area contributed by atoms with Crippen LogP contribution < -0.4 is 9.47 Å². The van der Waals surface area contributed by atoms with Crippen molar-refractivity contribution in [3.63, 3.8) is 0 Å². The molecule has 0 aromatic heterocycles. The first-order valence-corrected chi connectivity index (χ1v) is 7.96. The molecule has 1 aromatic carbocycles. The Labute approximate surface area is 136 Å². The predicted octanol–water partition coefficient (Wildman–Crippen LogP) is 2.18. The first kappa shape index (κ1) is 17.1. The third-order valence-electron chi connectivity index (χ3n) is 3.86. The van der Waals surface area contributed by atoms with E-state index in [2.05, 4.69) is 0 Å². The van der Waals surface area contributed by atoms with Crippen molar-refractivity contribution in [3.8, 4) is 11.5 Å². The monoisotopic (exact) mass is 321 g/mol. The van der Waals surface area contributed by atoms with Gasteiger partial charge in [-0.15, -0.1) is 0 Å². The van der Waals surface area contributed by atoms with Gasteiger partial charge in [-0.2, -0.15) is 0 Å². The fourth-order valence-corrected chi connectivity index (χ4v) is 2.46. The number of carboxylic acids is 1. The fourth-order valence-electron chi connectivity index (χ4n) is 2.46. The lowest BCUT2D eigenvalue weighted by Gasteiger charge is -2.30. The van der Waals surface area contributed by atoms with Crippen molar-refractivity contribution in [2.24, 2.45) is 5.92 Å². The summed E-state index contributed by atoms with van der Waals surface area (Å²) in [4.78, 5) is 24.6. The van der Waals surface area contributed by atoms with Crippen molar-refractivity contribution in [2.75, 3.05) is 26.3 Å². The highest BCUT2D eigenvalue weighted by atomic mass is 16.5. The van der Waals surface area contributed by atoms with Crippen molar-refractivity contribution < 1.29 is 24.2 Å². The number of carbonyl (C=O) groups is 2. The SMILES string of the molecule is CCCOc1ccc(OCC(=O)N2CCC(C(=O)O)CC2)cc1. The summed E-state index contributed by atoms with van der Waals surface area (Å²) in [6.07, 6.45) is 1.96. The number of aliphatic carboxylic acids is 1. The lowest BCUT2D eigenvalue weighted by Crippen LogP contribution is -2.42. The second-order valence-electron chi connectivity index (χ2n) is 5.60. The van der Waals surface area contributed by atoms with Crippen LogP contribution in [-0.2, 0) is 9.59 Å². The van der Waals surface area contributed by atoms with E-state index in [-0.39, 0.29) is 18.4 Å². The molecule has 0 aliphatic carbocycles. The highest BCUT2D eigenvalue weighted by molar-refractivity contribution is 5.78. The van der Waals surface area contributed by atoms with Crippen molar-refractivity contribution >= 4 is 11.9 Å². The lowest BCUT2D eigenvalue weighted by atomic mass is 9.97. The molecular weight excluding hydrogens is 298 g/mol. The van der Waals surface area contributed by atoms with Crippen LogP contribution >= 0.6 is 0 Å². The van der Waals surface area contributed by atoms with Gasteiger partial charge in [-0.05, 0) is 43.5 Å². The maximum atomic E-state index is 12.1. The fraction of sp³-hybridized carbons (Fsp3) is 0.529. The zero-order chi connectivity index (χ0) is 16.7. The van der Waals surface area contributed by atoms with Crippen LogP contribution in [0.25, 0.3) is 0 Å². The number of amides is 1. The lowest BCUT2D eigenvalue weighted by molar-refractivity contribution is -0.146. The summed E-state index contributed by atoms with van der Waals surface area (Å²) < 4.78 is 11.0. The third kappa shape index (κ3) is 5.16. The maximum Gasteiger partial charge on any atom is 0.306 e. The van der Waals surface area contributed by atoms with Crippen molar-refractivity contribution in [1.29, 1.82) is 0 Å². The molecule has 126 valence electrons. The van der Waals surface area contributed by atoms with Crippen LogP contribution in [0.3, 0.4) is 0 Å². The summed E-state index contributed by atoms with van der Waals surface area (Å²) >= 11 is 0. The molecule has 0 radical (unpaired) electrons. The molecule has 23 heavy (non-hydrogen) atoms. The maximum absolute atomic E-state index is 12.1. The number of benzene rings is 1. The molecule has 1 aromatic rings.